The molecular weight excluding hydrogens is 300 g/mol. The molecule has 0 fully saturated rings. The molecule has 24 heavy (non-hydrogen) atoms. The normalized spacial score (nSPS) is 10.5. The van der Waals surface area contributed by atoms with Gasteiger partial charge >= 0.3 is 0 Å². The van der Waals surface area contributed by atoms with E-state index < -0.39 is 0 Å². The smallest absolute Gasteiger partial charge is 0.268 e. The van der Waals surface area contributed by atoms with Crippen LogP contribution < -0.4 is 5.32 Å². The molecule has 122 valence electrons. The van der Waals surface area contributed by atoms with E-state index in [0.717, 1.165) is 16.7 Å². The molecule has 0 radical (unpaired) electrons. The van der Waals surface area contributed by atoms with E-state index in [9.17, 15) is 4.79 Å². The van der Waals surface area contributed by atoms with Gasteiger partial charge in [0.1, 0.15) is 5.69 Å². The zero-order valence-electron chi connectivity index (χ0n) is 13.4. The molecule has 2 N–H and O–H groups in total. The lowest BCUT2D eigenvalue weighted by Gasteiger charge is -2.10. The van der Waals surface area contributed by atoms with Crippen molar-refractivity contribution in [3.05, 3.63) is 95.3 Å². The van der Waals surface area contributed by atoms with Crippen LogP contribution >= 0.6 is 0 Å². The highest BCUT2D eigenvalue weighted by atomic mass is 16.3. The van der Waals surface area contributed by atoms with Crippen LogP contribution in [-0.2, 0) is 19.7 Å². The fourth-order valence-corrected chi connectivity index (χ4v) is 2.57. The Labute approximate surface area is 141 Å². The van der Waals surface area contributed by atoms with Gasteiger partial charge in [0.25, 0.3) is 5.91 Å². The first-order valence-corrected chi connectivity index (χ1v) is 7.92. The van der Waals surface area contributed by atoms with Crippen molar-refractivity contribution in [1.82, 2.24) is 9.88 Å². The zero-order chi connectivity index (χ0) is 16.8. The van der Waals surface area contributed by atoms with Gasteiger partial charge in [0.15, 0.2) is 0 Å². The van der Waals surface area contributed by atoms with Gasteiger partial charge in [-0.15, -0.1) is 0 Å². The molecule has 4 nitrogen and oxygen atoms in total. The summed E-state index contributed by atoms with van der Waals surface area (Å²) in [5.41, 5.74) is 3.66. The van der Waals surface area contributed by atoms with Crippen LogP contribution in [0.5, 0.6) is 0 Å². The van der Waals surface area contributed by atoms with Crippen molar-refractivity contribution >= 4 is 5.91 Å². The molecule has 3 rings (SSSR count). The summed E-state index contributed by atoms with van der Waals surface area (Å²) in [4.78, 5) is 12.4. The molecule has 0 aliphatic heterocycles. The number of aliphatic hydroxyl groups excluding tert-OH is 1. The molecule has 2 aromatic carbocycles. The van der Waals surface area contributed by atoms with Gasteiger partial charge in [0.05, 0.1) is 6.61 Å². The SMILES string of the molecule is O=C(NCc1ccc(CO)cc1)c1cccn1Cc1ccccc1. The van der Waals surface area contributed by atoms with Gasteiger partial charge < -0.3 is 15.0 Å². The molecule has 0 saturated carbocycles. The van der Waals surface area contributed by atoms with Crippen molar-refractivity contribution < 1.29 is 9.90 Å². The Bertz CT molecular complexity index is 792. The third kappa shape index (κ3) is 3.91. The maximum absolute atomic E-state index is 12.4. The summed E-state index contributed by atoms with van der Waals surface area (Å²) in [6.07, 6.45) is 1.91. The second kappa shape index (κ2) is 7.62. The number of rotatable bonds is 6. The van der Waals surface area contributed by atoms with E-state index in [2.05, 4.69) is 5.32 Å². The minimum absolute atomic E-state index is 0.0274. The van der Waals surface area contributed by atoms with E-state index in [4.69, 9.17) is 5.11 Å². The van der Waals surface area contributed by atoms with Gasteiger partial charge in [0, 0.05) is 19.3 Å². The van der Waals surface area contributed by atoms with Gasteiger partial charge in [0.2, 0.25) is 0 Å². The highest BCUT2D eigenvalue weighted by Crippen LogP contribution is 2.09. The summed E-state index contributed by atoms with van der Waals surface area (Å²) in [7, 11) is 0. The largest absolute Gasteiger partial charge is 0.392 e. The van der Waals surface area contributed by atoms with Crippen molar-refractivity contribution in [1.29, 1.82) is 0 Å². The number of carbonyl (C=O) groups is 1. The maximum Gasteiger partial charge on any atom is 0.268 e. The maximum atomic E-state index is 12.4. The van der Waals surface area contributed by atoms with Crippen LogP contribution in [0.3, 0.4) is 0 Å². The number of carbonyl (C=O) groups excluding carboxylic acids is 1. The number of nitrogens with zero attached hydrogens (tertiary/aromatic N) is 1. The van der Waals surface area contributed by atoms with Crippen LogP contribution in [-0.4, -0.2) is 15.6 Å². The number of aromatic nitrogens is 1. The van der Waals surface area contributed by atoms with Crippen molar-refractivity contribution in [3.8, 4) is 0 Å². The fraction of sp³-hybridized carbons (Fsp3) is 0.150. The molecule has 0 spiro atoms. The standard InChI is InChI=1S/C20H20N2O2/c23-15-18-10-8-16(9-11-18)13-21-20(24)19-7-4-12-22(19)14-17-5-2-1-3-6-17/h1-12,23H,13-15H2,(H,21,24). The highest BCUT2D eigenvalue weighted by molar-refractivity contribution is 5.92. The summed E-state index contributed by atoms with van der Waals surface area (Å²) in [5, 5.41) is 12.0. The van der Waals surface area contributed by atoms with Crippen LogP contribution in [0, 0.1) is 0 Å². The number of nitrogens with one attached hydrogen (secondary N) is 1. The Morgan fingerprint density at radius 3 is 2.29 bits per heavy atom. The number of amides is 1. The summed E-state index contributed by atoms with van der Waals surface area (Å²) < 4.78 is 1.94. The van der Waals surface area contributed by atoms with E-state index in [1.807, 2.05) is 77.5 Å². The molecule has 0 saturated heterocycles. The predicted molar refractivity (Wildman–Crippen MR) is 93.5 cm³/mol. The van der Waals surface area contributed by atoms with Gasteiger partial charge in [-0.2, -0.15) is 0 Å². The van der Waals surface area contributed by atoms with Crippen LogP contribution in [0.4, 0.5) is 0 Å². The molecule has 0 bridgehead atoms. The molecule has 0 unspecified atom stereocenters. The van der Waals surface area contributed by atoms with Crippen LogP contribution in [0.15, 0.2) is 72.9 Å². The minimum Gasteiger partial charge on any atom is -0.392 e. The van der Waals surface area contributed by atoms with Crippen molar-refractivity contribution in [2.45, 2.75) is 19.7 Å². The Kier molecular flexibility index (Phi) is 5.08. The number of benzene rings is 2. The number of aliphatic hydroxyl groups is 1. The van der Waals surface area contributed by atoms with Gasteiger partial charge in [-0.3, -0.25) is 4.79 Å². The summed E-state index contributed by atoms with van der Waals surface area (Å²) in [5.74, 6) is -0.0952. The van der Waals surface area contributed by atoms with Gasteiger partial charge in [-0.05, 0) is 28.8 Å². The quantitative estimate of drug-likeness (QED) is 0.734. The van der Waals surface area contributed by atoms with Crippen molar-refractivity contribution in [2.24, 2.45) is 0 Å². The molecule has 3 aromatic rings. The zero-order valence-corrected chi connectivity index (χ0v) is 13.4. The second-order valence-corrected chi connectivity index (χ2v) is 5.66. The number of hydrogen-bond donors (Lipinski definition) is 2. The summed E-state index contributed by atoms with van der Waals surface area (Å²) >= 11 is 0. The average molecular weight is 320 g/mol. The third-order valence-electron chi connectivity index (χ3n) is 3.92. The lowest BCUT2D eigenvalue weighted by atomic mass is 10.1. The molecular formula is C20H20N2O2. The Balaban J connectivity index is 1.64. The first kappa shape index (κ1) is 16.0. The van der Waals surface area contributed by atoms with E-state index in [0.29, 0.717) is 18.8 Å². The highest BCUT2D eigenvalue weighted by Gasteiger charge is 2.10. The molecule has 0 aliphatic rings. The molecule has 4 heteroatoms. The Morgan fingerprint density at radius 2 is 1.58 bits per heavy atom. The molecule has 1 heterocycles. The van der Waals surface area contributed by atoms with Crippen molar-refractivity contribution in [3.63, 3.8) is 0 Å². The molecule has 0 aliphatic carbocycles. The van der Waals surface area contributed by atoms with Crippen LogP contribution in [0.2, 0.25) is 0 Å². The first-order chi connectivity index (χ1) is 11.8. The fourth-order valence-electron chi connectivity index (χ4n) is 2.57. The third-order valence-corrected chi connectivity index (χ3v) is 3.92. The Morgan fingerprint density at radius 1 is 0.875 bits per heavy atom. The van der Waals surface area contributed by atoms with E-state index >= 15 is 0 Å². The molecule has 1 amide bonds. The minimum atomic E-state index is -0.0952. The lowest BCUT2D eigenvalue weighted by molar-refractivity contribution is 0.0942. The topological polar surface area (TPSA) is 54.3 Å². The van der Waals surface area contributed by atoms with Crippen LogP contribution in [0.1, 0.15) is 27.2 Å². The molecule has 1 aromatic heterocycles. The van der Waals surface area contributed by atoms with E-state index in [-0.39, 0.29) is 12.5 Å². The molecule has 0 atom stereocenters. The summed E-state index contributed by atoms with van der Waals surface area (Å²) in [6.45, 7) is 1.16. The number of hydrogen-bond acceptors (Lipinski definition) is 2. The van der Waals surface area contributed by atoms with E-state index in [1.54, 1.807) is 0 Å². The van der Waals surface area contributed by atoms with E-state index in [1.165, 1.54) is 0 Å². The van der Waals surface area contributed by atoms with Gasteiger partial charge in [-0.1, -0.05) is 54.6 Å². The Hall–Kier alpha value is -2.85. The monoisotopic (exact) mass is 320 g/mol. The lowest BCUT2D eigenvalue weighted by Crippen LogP contribution is -2.25. The van der Waals surface area contributed by atoms with Gasteiger partial charge in [-0.25, -0.2) is 0 Å². The average Bonchev–Trinajstić information content (AvgIpc) is 3.09. The van der Waals surface area contributed by atoms with Crippen molar-refractivity contribution in [2.75, 3.05) is 0 Å². The predicted octanol–water partition coefficient (Wildman–Crippen LogP) is 2.96. The second-order valence-electron chi connectivity index (χ2n) is 5.66. The van der Waals surface area contributed by atoms with Crippen LogP contribution in [0.25, 0.3) is 0 Å². The first-order valence-electron chi connectivity index (χ1n) is 7.92. The summed E-state index contributed by atoms with van der Waals surface area (Å²) in [6, 6.07) is 21.3.